The maximum Gasteiger partial charge on any atom is 0.341 e. The molecule has 0 aliphatic carbocycles. The minimum atomic E-state index is -0.942. The van der Waals surface area contributed by atoms with E-state index in [2.05, 4.69) is 0 Å². The number of ketones is 1. The minimum absolute atomic E-state index is 0.254. The Labute approximate surface area is 142 Å². The van der Waals surface area contributed by atoms with Gasteiger partial charge in [0, 0.05) is 11.6 Å². The summed E-state index contributed by atoms with van der Waals surface area (Å²) in [6.45, 7) is -0.535. The number of rotatable bonds is 6. The van der Waals surface area contributed by atoms with Gasteiger partial charge >= 0.3 is 5.97 Å². The van der Waals surface area contributed by atoms with Crippen LogP contribution in [-0.4, -0.2) is 32.6 Å². The maximum absolute atomic E-state index is 13.8. The number of ether oxygens (including phenoxy) is 3. The second-order valence-corrected chi connectivity index (χ2v) is 5.10. The third kappa shape index (κ3) is 4.02. The van der Waals surface area contributed by atoms with Gasteiger partial charge in [0.25, 0.3) is 0 Å². The Morgan fingerprint density at radius 1 is 1.08 bits per heavy atom. The SMILES string of the molecule is COc1ccc(C(=O)OCC(=O)c2ccc(OC)c(Cl)c2)c(F)c1. The molecular weight excluding hydrogens is 339 g/mol. The number of benzene rings is 2. The van der Waals surface area contributed by atoms with Crippen molar-refractivity contribution < 1.29 is 28.2 Å². The van der Waals surface area contributed by atoms with Crippen molar-refractivity contribution in [2.75, 3.05) is 20.8 Å². The molecule has 0 N–H and O–H groups in total. The first-order valence-electron chi connectivity index (χ1n) is 6.83. The lowest BCUT2D eigenvalue weighted by Crippen LogP contribution is -2.15. The monoisotopic (exact) mass is 352 g/mol. The molecule has 7 heteroatoms. The van der Waals surface area contributed by atoms with Gasteiger partial charge < -0.3 is 14.2 Å². The van der Waals surface area contributed by atoms with Gasteiger partial charge in [-0.05, 0) is 30.3 Å². The molecule has 126 valence electrons. The second kappa shape index (κ2) is 7.79. The van der Waals surface area contributed by atoms with Crippen molar-refractivity contribution >= 4 is 23.4 Å². The van der Waals surface area contributed by atoms with Crippen molar-refractivity contribution in [1.29, 1.82) is 0 Å². The lowest BCUT2D eigenvalue weighted by Gasteiger charge is -2.08. The molecule has 5 nitrogen and oxygen atoms in total. The van der Waals surface area contributed by atoms with E-state index in [1.807, 2.05) is 0 Å². The van der Waals surface area contributed by atoms with Crippen molar-refractivity contribution in [3.63, 3.8) is 0 Å². The Kier molecular flexibility index (Phi) is 5.76. The van der Waals surface area contributed by atoms with Gasteiger partial charge in [0.15, 0.2) is 12.4 Å². The molecule has 2 rings (SSSR count). The highest BCUT2D eigenvalue weighted by Gasteiger charge is 2.17. The van der Waals surface area contributed by atoms with Crippen LogP contribution in [0, 0.1) is 5.82 Å². The molecule has 0 spiro atoms. The predicted octanol–water partition coefficient (Wildman–Crippen LogP) is 3.54. The van der Waals surface area contributed by atoms with Gasteiger partial charge in [-0.15, -0.1) is 0 Å². The quantitative estimate of drug-likeness (QED) is 0.588. The largest absolute Gasteiger partial charge is 0.497 e. The van der Waals surface area contributed by atoms with Crippen LogP contribution in [0.5, 0.6) is 11.5 Å². The summed E-state index contributed by atoms with van der Waals surface area (Å²) in [6.07, 6.45) is 0. The standard InChI is InChI=1S/C17H14ClFO5/c1-22-11-4-5-12(14(19)8-11)17(21)24-9-15(20)10-3-6-16(23-2)13(18)7-10/h3-8H,9H2,1-2H3. The summed E-state index contributed by atoms with van der Waals surface area (Å²) in [7, 11) is 2.83. The Balaban J connectivity index is 2.03. The van der Waals surface area contributed by atoms with Gasteiger partial charge in [0.1, 0.15) is 17.3 Å². The molecule has 0 aliphatic rings. The van der Waals surface area contributed by atoms with Gasteiger partial charge in [-0.3, -0.25) is 4.79 Å². The van der Waals surface area contributed by atoms with Crippen molar-refractivity contribution in [1.82, 2.24) is 0 Å². The Morgan fingerprint density at radius 3 is 2.42 bits per heavy atom. The second-order valence-electron chi connectivity index (χ2n) is 4.69. The highest BCUT2D eigenvalue weighted by Crippen LogP contribution is 2.25. The number of halogens is 2. The molecule has 0 fully saturated rings. The molecule has 0 unspecified atom stereocenters. The summed E-state index contributed by atoms with van der Waals surface area (Å²) in [5.74, 6) is -1.51. The van der Waals surface area contributed by atoms with Crippen LogP contribution in [0.2, 0.25) is 5.02 Å². The van der Waals surface area contributed by atoms with Gasteiger partial charge in [-0.2, -0.15) is 0 Å². The van der Waals surface area contributed by atoms with Crippen molar-refractivity contribution in [3.8, 4) is 11.5 Å². The topological polar surface area (TPSA) is 61.8 Å². The van der Waals surface area contributed by atoms with E-state index in [1.54, 1.807) is 0 Å². The molecule has 0 saturated carbocycles. The van der Waals surface area contributed by atoms with Crippen LogP contribution >= 0.6 is 11.6 Å². The molecule has 0 atom stereocenters. The molecule has 0 bridgehead atoms. The highest BCUT2D eigenvalue weighted by atomic mass is 35.5. The molecule has 0 aromatic heterocycles. The fourth-order valence-corrected chi connectivity index (χ4v) is 2.18. The van der Waals surface area contributed by atoms with Crippen molar-refractivity contribution in [2.45, 2.75) is 0 Å². The summed E-state index contributed by atoms with van der Waals surface area (Å²) in [4.78, 5) is 23.9. The first-order valence-corrected chi connectivity index (χ1v) is 7.21. The molecule has 0 heterocycles. The van der Waals surface area contributed by atoms with Crippen LogP contribution < -0.4 is 9.47 Å². The van der Waals surface area contributed by atoms with Crippen molar-refractivity contribution in [3.05, 3.63) is 58.4 Å². The molecule has 0 amide bonds. The molecule has 0 saturated heterocycles. The summed E-state index contributed by atoms with van der Waals surface area (Å²) in [5.41, 5.74) is -0.0276. The molecule has 0 aliphatic heterocycles. The van der Waals surface area contributed by atoms with Crippen LogP contribution in [0.4, 0.5) is 4.39 Å². The number of esters is 1. The zero-order chi connectivity index (χ0) is 17.7. The van der Waals surface area contributed by atoms with Crippen LogP contribution in [0.15, 0.2) is 36.4 Å². The molecule has 24 heavy (non-hydrogen) atoms. The fourth-order valence-electron chi connectivity index (χ4n) is 1.92. The van der Waals surface area contributed by atoms with Gasteiger partial charge in [0.05, 0.1) is 24.8 Å². The molecule has 2 aromatic carbocycles. The first-order chi connectivity index (χ1) is 11.5. The lowest BCUT2D eigenvalue weighted by atomic mass is 10.1. The number of hydrogen-bond acceptors (Lipinski definition) is 5. The van der Waals surface area contributed by atoms with Crippen LogP contribution in [-0.2, 0) is 4.74 Å². The van der Waals surface area contributed by atoms with Crippen LogP contribution in [0.3, 0.4) is 0 Å². The fraction of sp³-hybridized carbons (Fsp3) is 0.176. The first kappa shape index (κ1) is 17.7. The third-order valence-electron chi connectivity index (χ3n) is 3.20. The van der Waals surface area contributed by atoms with Gasteiger partial charge in [-0.1, -0.05) is 11.6 Å². The number of carbonyl (C=O) groups excluding carboxylic acids is 2. The smallest absolute Gasteiger partial charge is 0.341 e. The normalized spacial score (nSPS) is 10.2. The van der Waals surface area contributed by atoms with E-state index < -0.39 is 24.2 Å². The number of methoxy groups -OCH3 is 2. The third-order valence-corrected chi connectivity index (χ3v) is 3.50. The van der Waals surface area contributed by atoms with E-state index in [9.17, 15) is 14.0 Å². The van der Waals surface area contributed by atoms with Crippen molar-refractivity contribution in [2.24, 2.45) is 0 Å². The summed E-state index contributed by atoms with van der Waals surface area (Å²) < 4.78 is 28.5. The average molecular weight is 353 g/mol. The summed E-state index contributed by atoms with van der Waals surface area (Å²) in [5, 5.41) is 0.260. The lowest BCUT2D eigenvalue weighted by molar-refractivity contribution is 0.0470. The number of Topliss-reactive ketones (excluding diaryl/α,β-unsaturated/α-hetero) is 1. The number of carbonyl (C=O) groups is 2. The van der Waals surface area contributed by atoms with Gasteiger partial charge in [0.2, 0.25) is 0 Å². The van der Waals surface area contributed by atoms with Gasteiger partial charge in [-0.25, -0.2) is 9.18 Å². The predicted molar refractivity (Wildman–Crippen MR) is 85.6 cm³/mol. The van der Waals surface area contributed by atoms with E-state index in [1.165, 1.54) is 44.6 Å². The Morgan fingerprint density at radius 2 is 1.83 bits per heavy atom. The van der Waals surface area contributed by atoms with Crippen LogP contribution in [0.25, 0.3) is 0 Å². The summed E-state index contributed by atoms with van der Waals surface area (Å²) in [6, 6.07) is 8.14. The Bertz CT molecular complexity index is 776. The number of hydrogen-bond donors (Lipinski definition) is 0. The Hall–Kier alpha value is -2.60. The van der Waals surface area contributed by atoms with Crippen LogP contribution in [0.1, 0.15) is 20.7 Å². The van der Waals surface area contributed by atoms with E-state index in [0.717, 1.165) is 6.07 Å². The van der Waals surface area contributed by atoms with E-state index in [0.29, 0.717) is 5.75 Å². The maximum atomic E-state index is 13.8. The average Bonchev–Trinajstić information content (AvgIpc) is 2.59. The highest BCUT2D eigenvalue weighted by molar-refractivity contribution is 6.32. The van der Waals surface area contributed by atoms with E-state index >= 15 is 0 Å². The minimum Gasteiger partial charge on any atom is -0.497 e. The molecular formula is C17H14ClFO5. The van der Waals surface area contributed by atoms with E-state index in [-0.39, 0.29) is 21.9 Å². The molecule has 2 aromatic rings. The zero-order valence-corrected chi connectivity index (χ0v) is 13.7. The molecule has 0 radical (unpaired) electrons. The summed E-state index contributed by atoms with van der Waals surface area (Å²) >= 11 is 5.94. The van der Waals surface area contributed by atoms with E-state index in [4.69, 9.17) is 25.8 Å². The zero-order valence-electron chi connectivity index (χ0n) is 13.0.